The third-order valence-electron chi connectivity index (χ3n) is 7.92. The molecule has 0 amide bonds. The number of rotatable bonds is 9. The molecule has 14 heteroatoms. The number of anilines is 2. The van der Waals surface area contributed by atoms with Crippen LogP contribution in [0.15, 0.2) is 36.5 Å². The molecule has 5 unspecified atom stereocenters. The predicted molar refractivity (Wildman–Crippen MR) is 155 cm³/mol. The van der Waals surface area contributed by atoms with Gasteiger partial charge in [-0.2, -0.15) is 4.98 Å². The third kappa shape index (κ3) is 6.23. The first-order chi connectivity index (χ1) is 20.5. The van der Waals surface area contributed by atoms with Crippen LogP contribution in [0.5, 0.6) is 5.75 Å². The Balaban J connectivity index is 1.34. The van der Waals surface area contributed by atoms with E-state index in [0.717, 1.165) is 28.8 Å². The van der Waals surface area contributed by atoms with Crippen LogP contribution in [-0.2, 0) is 0 Å². The number of fused-ring (bicyclic) bond motifs is 1. The summed E-state index contributed by atoms with van der Waals surface area (Å²) >= 11 is 1.49. The highest BCUT2D eigenvalue weighted by molar-refractivity contribution is 7.21. The molecular formula is C29H31F3N6O4S. The van der Waals surface area contributed by atoms with Crippen LogP contribution in [0.25, 0.3) is 20.8 Å². The fourth-order valence-corrected chi connectivity index (χ4v) is 6.56. The van der Waals surface area contributed by atoms with Gasteiger partial charge in [-0.15, -0.1) is 24.5 Å². The molecular weight excluding hydrogens is 585 g/mol. The quantitative estimate of drug-likeness (QED) is 0.176. The van der Waals surface area contributed by atoms with Crippen LogP contribution in [0, 0.1) is 12.8 Å². The number of aryl methyl sites for hydroxylation is 1. The maximum absolute atomic E-state index is 12.6. The minimum Gasteiger partial charge on any atom is -0.406 e. The van der Waals surface area contributed by atoms with E-state index in [4.69, 9.17) is 9.97 Å². The Kier molecular flexibility index (Phi) is 7.87. The predicted octanol–water partition coefficient (Wildman–Crippen LogP) is 4.92. The van der Waals surface area contributed by atoms with Gasteiger partial charge in [0.1, 0.15) is 28.2 Å². The molecule has 3 heterocycles. The lowest BCUT2D eigenvalue weighted by Gasteiger charge is -2.22. The van der Waals surface area contributed by atoms with E-state index in [0.29, 0.717) is 40.0 Å². The second-order valence-corrected chi connectivity index (χ2v) is 12.1. The topological polar surface area (TPSA) is 146 Å². The monoisotopic (exact) mass is 616 g/mol. The van der Waals surface area contributed by atoms with E-state index in [1.165, 1.54) is 35.6 Å². The first-order valence-electron chi connectivity index (χ1n) is 14.0. The SMILES string of the molecule is Cc1nc(NC(C)c2ccc(OC(F)(F)F)cc2)nc(NC2CC(CO)C(O)C2O)c1-c1nc2c(C3CC3)nccc2s1. The molecule has 0 bridgehead atoms. The lowest BCUT2D eigenvalue weighted by atomic mass is 10.1. The summed E-state index contributed by atoms with van der Waals surface area (Å²) in [6.45, 7) is 3.38. The molecule has 1 aromatic carbocycles. The molecule has 2 fully saturated rings. The van der Waals surface area contributed by atoms with Gasteiger partial charge in [0.2, 0.25) is 5.95 Å². The molecule has 43 heavy (non-hydrogen) atoms. The summed E-state index contributed by atoms with van der Waals surface area (Å²) < 4.78 is 42.6. The van der Waals surface area contributed by atoms with Gasteiger partial charge in [0.25, 0.3) is 0 Å². The number of aliphatic hydroxyl groups is 3. The van der Waals surface area contributed by atoms with Crippen molar-refractivity contribution in [1.29, 1.82) is 0 Å². The molecule has 5 atom stereocenters. The molecule has 2 saturated carbocycles. The largest absolute Gasteiger partial charge is 0.573 e. The Hall–Kier alpha value is -3.59. The number of nitrogens with one attached hydrogen (secondary N) is 2. The number of ether oxygens (including phenoxy) is 1. The number of alkyl halides is 3. The van der Waals surface area contributed by atoms with E-state index in [-0.39, 0.29) is 24.3 Å². The van der Waals surface area contributed by atoms with Crippen molar-refractivity contribution in [2.75, 3.05) is 17.2 Å². The summed E-state index contributed by atoms with van der Waals surface area (Å²) in [7, 11) is 0. The zero-order chi connectivity index (χ0) is 30.5. The van der Waals surface area contributed by atoms with Gasteiger partial charge in [0.15, 0.2) is 0 Å². The number of hydrogen-bond acceptors (Lipinski definition) is 11. The molecule has 10 nitrogen and oxygen atoms in total. The molecule has 0 radical (unpaired) electrons. The van der Waals surface area contributed by atoms with Gasteiger partial charge in [-0.25, -0.2) is 9.97 Å². The normalized spacial score (nSPS) is 23.0. The number of aromatic nitrogens is 4. The summed E-state index contributed by atoms with van der Waals surface area (Å²) in [6, 6.07) is 6.48. The molecule has 2 aliphatic carbocycles. The average Bonchev–Trinajstić information content (AvgIpc) is 3.65. The summed E-state index contributed by atoms with van der Waals surface area (Å²) in [5, 5.41) is 38.0. The maximum atomic E-state index is 12.6. The number of aliphatic hydroxyl groups excluding tert-OH is 3. The van der Waals surface area contributed by atoms with Crippen molar-refractivity contribution in [3.05, 3.63) is 53.5 Å². The van der Waals surface area contributed by atoms with Crippen LogP contribution in [0.1, 0.15) is 55.1 Å². The van der Waals surface area contributed by atoms with Gasteiger partial charge in [-0.3, -0.25) is 4.98 Å². The van der Waals surface area contributed by atoms with Gasteiger partial charge in [0.05, 0.1) is 39.8 Å². The van der Waals surface area contributed by atoms with Crippen LogP contribution in [-0.4, -0.2) is 66.5 Å². The summed E-state index contributed by atoms with van der Waals surface area (Å²) in [6.07, 6.45) is -2.72. The molecule has 5 N–H and O–H groups in total. The lowest BCUT2D eigenvalue weighted by molar-refractivity contribution is -0.274. The second kappa shape index (κ2) is 11.5. The Morgan fingerprint density at radius 1 is 1.07 bits per heavy atom. The van der Waals surface area contributed by atoms with Gasteiger partial charge in [0, 0.05) is 24.6 Å². The molecule has 0 aliphatic heterocycles. The van der Waals surface area contributed by atoms with E-state index in [9.17, 15) is 28.5 Å². The van der Waals surface area contributed by atoms with Crippen molar-refractivity contribution in [2.45, 2.75) is 69.7 Å². The third-order valence-corrected chi connectivity index (χ3v) is 8.96. The number of pyridine rings is 1. The van der Waals surface area contributed by atoms with E-state index in [1.54, 1.807) is 6.20 Å². The highest BCUT2D eigenvalue weighted by Gasteiger charge is 2.42. The zero-order valence-electron chi connectivity index (χ0n) is 23.3. The fraction of sp³-hybridized carbons (Fsp3) is 0.448. The van der Waals surface area contributed by atoms with Gasteiger partial charge in [-0.1, -0.05) is 12.1 Å². The summed E-state index contributed by atoms with van der Waals surface area (Å²) in [5.41, 5.74) is 3.75. The molecule has 3 aromatic heterocycles. The summed E-state index contributed by atoms with van der Waals surface area (Å²) in [4.78, 5) is 19.0. The van der Waals surface area contributed by atoms with Crippen LogP contribution in [0.2, 0.25) is 0 Å². The highest BCUT2D eigenvalue weighted by Crippen LogP contribution is 2.44. The zero-order valence-corrected chi connectivity index (χ0v) is 24.2. The van der Waals surface area contributed by atoms with E-state index in [2.05, 4.69) is 25.3 Å². The van der Waals surface area contributed by atoms with Gasteiger partial charge >= 0.3 is 6.36 Å². The van der Waals surface area contributed by atoms with Crippen molar-refractivity contribution < 1.29 is 33.2 Å². The van der Waals surface area contributed by atoms with Gasteiger partial charge in [-0.05, 0) is 56.9 Å². The summed E-state index contributed by atoms with van der Waals surface area (Å²) in [5.74, 6) is 0.239. The van der Waals surface area contributed by atoms with E-state index < -0.39 is 30.5 Å². The average molecular weight is 617 g/mol. The van der Waals surface area contributed by atoms with E-state index >= 15 is 0 Å². The molecule has 0 saturated heterocycles. The van der Waals surface area contributed by atoms with Crippen molar-refractivity contribution in [3.63, 3.8) is 0 Å². The van der Waals surface area contributed by atoms with Crippen LogP contribution in [0.3, 0.4) is 0 Å². The first kappa shape index (κ1) is 29.5. The molecule has 4 aromatic rings. The highest BCUT2D eigenvalue weighted by atomic mass is 32.1. The van der Waals surface area contributed by atoms with E-state index in [1.807, 2.05) is 19.9 Å². The first-order valence-corrected chi connectivity index (χ1v) is 14.8. The Bertz CT molecular complexity index is 1610. The smallest absolute Gasteiger partial charge is 0.406 e. The molecule has 6 rings (SSSR count). The van der Waals surface area contributed by atoms with Gasteiger partial charge < -0.3 is 30.7 Å². The minimum absolute atomic E-state index is 0.250. The van der Waals surface area contributed by atoms with Crippen molar-refractivity contribution in [3.8, 4) is 16.3 Å². The molecule has 0 spiro atoms. The Morgan fingerprint density at radius 3 is 2.47 bits per heavy atom. The van der Waals surface area contributed by atoms with Crippen LogP contribution >= 0.6 is 11.3 Å². The maximum Gasteiger partial charge on any atom is 0.573 e. The molecule has 2 aliphatic rings. The standard InChI is InChI=1S/C29H31F3N6O4S/c1-13(15-5-7-18(8-6-15)42-29(30,31)32)34-28-35-14(2)21(26(38-28)36-19-11-17(12-39)24(40)25(19)41)27-37-23-20(43-27)9-10-33-22(23)16-3-4-16/h5-10,13,16-17,19,24-25,39-41H,3-4,11-12H2,1-2H3,(H2,34,35,36,38). The second-order valence-electron chi connectivity index (χ2n) is 11.1. The fourth-order valence-electron chi connectivity index (χ4n) is 5.49. The number of hydrogen-bond donors (Lipinski definition) is 5. The Labute approximate surface area is 249 Å². The molecule has 228 valence electrons. The van der Waals surface area contributed by atoms with Crippen molar-refractivity contribution in [1.82, 2.24) is 19.9 Å². The minimum atomic E-state index is -4.78. The Morgan fingerprint density at radius 2 is 1.81 bits per heavy atom. The number of nitrogens with zero attached hydrogens (tertiary/aromatic N) is 4. The number of thiazole rings is 1. The van der Waals surface area contributed by atoms with Crippen molar-refractivity contribution >= 4 is 33.3 Å². The lowest BCUT2D eigenvalue weighted by Crippen LogP contribution is -2.35. The number of benzene rings is 1. The van der Waals surface area contributed by atoms with Crippen LogP contribution in [0.4, 0.5) is 24.9 Å². The number of halogens is 3. The van der Waals surface area contributed by atoms with Crippen molar-refractivity contribution in [2.24, 2.45) is 5.92 Å². The van der Waals surface area contributed by atoms with Crippen LogP contribution < -0.4 is 15.4 Å².